The molecule has 122 valence electrons. The Kier molecular flexibility index (Phi) is 4.14. The molecule has 4 nitrogen and oxygen atoms in total. The number of rotatable bonds is 2. The van der Waals surface area contributed by atoms with Crippen molar-refractivity contribution in [2.75, 3.05) is 13.1 Å². The Hall–Kier alpha value is -1.53. The van der Waals surface area contributed by atoms with Crippen LogP contribution < -0.4 is 0 Å². The molecule has 0 spiro atoms. The van der Waals surface area contributed by atoms with E-state index in [0.717, 1.165) is 44.6 Å². The molecule has 1 aromatic heterocycles. The summed E-state index contributed by atoms with van der Waals surface area (Å²) in [7, 11) is 0. The Balaban J connectivity index is 1.67. The topological polar surface area (TPSA) is 49.0 Å². The maximum Gasteiger partial charge on any atom is 0.435 e. The summed E-state index contributed by atoms with van der Waals surface area (Å²) in [5, 5.41) is 5.86. The third-order valence-electron chi connectivity index (χ3n) is 4.77. The van der Waals surface area contributed by atoms with Crippen molar-refractivity contribution in [3.8, 4) is 0 Å². The summed E-state index contributed by atoms with van der Waals surface area (Å²) < 4.78 is 37.9. The SMILES string of the molecule is O=C(C1CCCC1)N1CCC[C@@H](c2cc(C(F)(F)F)n[nH]2)C1. The minimum absolute atomic E-state index is 0.0808. The second-order valence-electron chi connectivity index (χ2n) is 6.31. The predicted molar refractivity (Wildman–Crippen MR) is 74.1 cm³/mol. The Labute approximate surface area is 127 Å². The van der Waals surface area contributed by atoms with E-state index in [1.807, 2.05) is 4.90 Å². The Bertz CT molecular complexity index is 534. The van der Waals surface area contributed by atoms with E-state index >= 15 is 0 Å². The minimum Gasteiger partial charge on any atom is -0.342 e. The van der Waals surface area contributed by atoms with E-state index in [-0.39, 0.29) is 17.7 Å². The van der Waals surface area contributed by atoms with Crippen LogP contribution >= 0.6 is 0 Å². The molecule has 2 fully saturated rings. The monoisotopic (exact) mass is 315 g/mol. The van der Waals surface area contributed by atoms with E-state index in [1.54, 1.807) is 0 Å². The number of carbonyl (C=O) groups is 1. The van der Waals surface area contributed by atoms with Gasteiger partial charge >= 0.3 is 6.18 Å². The molecule has 1 N–H and O–H groups in total. The Morgan fingerprint density at radius 1 is 1.23 bits per heavy atom. The average Bonchev–Trinajstić information content (AvgIpc) is 3.17. The highest BCUT2D eigenvalue weighted by atomic mass is 19.4. The molecule has 0 bridgehead atoms. The van der Waals surface area contributed by atoms with Crippen molar-refractivity contribution in [3.05, 3.63) is 17.5 Å². The van der Waals surface area contributed by atoms with Crippen LogP contribution in [0, 0.1) is 5.92 Å². The Morgan fingerprint density at radius 2 is 1.95 bits per heavy atom. The van der Waals surface area contributed by atoms with Gasteiger partial charge < -0.3 is 4.90 Å². The van der Waals surface area contributed by atoms with E-state index in [0.29, 0.717) is 18.8 Å². The fourth-order valence-corrected chi connectivity index (χ4v) is 3.55. The number of halogens is 3. The summed E-state index contributed by atoms with van der Waals surface area (Å²) in [4.78, 5) is 14.3. The van der Waals surface area contributed by atoms with Gasteiger partial charge in [-0.3, -0.25) is 9.89 Å². The molecule has 2 heterocycles. The summed E-state index contributed by atoms with van der Waals surface area (Å²) in [5.74, 6) is 0.215. The van der Waals surface area contributed by atoms with Crippen molar-refractivity contribution in [2.45, 2.75) is 50.6 Å². The number of aromatic amines is 1. The molecule has 22 heavy (non-hydrogen) atoms. The van der Waals surface area contributed by atoms with Gasteiger partial charge in [0.05, 0.1) is 0 Å². The number of hydrogen-bond donors (Lipinski definition) is 1. The second kappa shape index (κ2) is 5.93. The molecular weight excluding hydrogens is 295 g/mol. The number of likely N-dealkylation sites (tertiary alicyclic amines) is 1. The van der Waals surface area contributed by atoms with E-state index < -0.39 is 11.9 Å². The number of H-pyrrole nitrogens is 1. The van der Waals surface area contributed by atoms with Gasteiger partial charge in [-0.15, -0.1) is 0 Å². The third kappa shape index (κ3) is 3.13. The van der Waals surface area contributed by atoms with E-state index in [2.05, 4.69) is 10.2 Å². The first-order chi connectivity index (χ1) is 10.4. The number of aromatic nitrogens is 2. The van der Waals surface area contributed by atoms with Crippen molar-refractivity contribution >= 4 is 5.91 Å². The molecule has 1 aliphatic heterocycles. The molecule has 1 amide bonds. The molecule has 0 unspecified atom stereocenters. The first kappa shape index (κ1) is 15.4. The van der Waals surface area contributed by atoms with Gasteiger partial charge in [-0.1, -0.05) is 12.8 Å². The van der Waals surface area contributed by atoms with E-state index in [4.69, 9.17) is 0 Å². The lowest BCUT2D eigenvalue weighted by molar-refractivity contribution is -0.141. The average molecular weight is 315 g/mol. The molecular formula is C15H20F3N3O. The van der Waals surface area contributed by atoms with E-state index in [9.17, 15) is 18.0 Å². The summed E-state index contributed by atoms with van der Waals surface area (Å²) in [6.07, 6.45) is 1.27. The predicted octanol–water partition coefficient (Wildman–Crippen LogP) is 3.32. The number of hydrogen-bond acceptors (Lipinski definition) is 2. The molecule has 3 rings (SSSR count). The van der Waals surface area contributed by atoms with Crippen molar-refractivity contribution in [2.24, 2.45) is 5.92 Å². The normalized spacial score (nSPS) is 24.0. The van der Waals surface area contributed by atoms with Gasteiger partial charge in [-0.05, 0) is 31.7 Å². The van der Waals surface area contributed by atoms with Gasteiger partial charge in [0, 0.05) is 30.6 Å². The number of nitrogens with zero attached hydrogens (tertiary/aromatic N) is 2. The third-order valence-corrected chi connectivity index (χ3v) is 4.77. The van der Waals surface area contributed by atoms with Gasteiger partial charge in [0.15, 0.2) is 5.69 Å². The van der Waals surface area contributed by atoms with Gasteiger partial charge in [-0.2, -0.15) is 18.3 Å². The van der Waals surface area contributed by atoms with Crippen LogP contribution in [0.1, 0.15) is 55.8 Å². The highest BCUT2D eigenvalue weighted by Crippen LogP contribution is 2.33. The zero-order valence-electron chi connectivity index (χ0n) is 12.3. The molecule has 7 heteroatoms. The lowest BCUT2D eigenvalue weighted by atomic mass is 9.93. The highest BCUT2D eigenvalue weighted by molar-refractivity contribution is 5.79. The van der Waals surface area contributed by atoms with Crippen molar-refractivity contribution < 1.29 is 18.0 Å². The molecule has 2 aliphatic rings. The van der Waals surface area contributed by atoms with Crippen LogP contribution in [0.3, 0.4) is 0 Å². The zero-order chi connectivity index (χ0) is 15.7. The van der Waals surface area contributed by atoms with Crippen molar-refractivity contribution in [1.82, 2.24) is 15.1 Å². The molecule has 1 saturated heterocycles. The molecule has 1 atom stereocenters. The van der Waals surface area contributed by atoms with Gasteiger partial charge in [0.2, 0.25) is 5.91 Å². The van der Waals surface area contributed by atoms with Crippen molar-refractivity contribution in [3.63, 3.8) is 0 Å². The molecule has 1 aliphatic carbocycles. The standard InChI is InChI=1S/C15H20F3N3O/c16-15(17,18)13-8-12(19-20-13)11-6-3-7-21(9-11)14(22)10-4-1-2-5-10/h8,10-11H,1-7,9H2,(H,19,20)/t11-/m1/s1. The summed E-state index contributed by atoms with van der Waals surface area (Å²) in [5.41, 5.74) is -0.405. The smallest absolute Gasteiger partial charge is 0.342 e. The zero-order valence-corrected chi connectivity index (χ0v) is 12.3. The number of nitrogens with one attached hydrogen (secondary N) is 1. The van der Waals surface area contributed by atoms with Gasteiger partial charge in [0.1, 0.15) is 0 Å². The Morgan fingerprint density at radius 3 is 2.59 bits per heavy atom. The van der Waals surface area contributed by atoms with Crippen LogP contribution in [0.2, 0.25) is 0 Å². The van der Waals surface area contributed by atoms with Crippen LogP contribution in [-0.4, -0.2) is 34.1 Å². The van der Waals surface area contributed by atoms with Crippen LogP contribution in [0.4, 0.5) is 13.2 Å². The number of alkyl halides is 3. The quantitative estimate of drug-likeness (QED) is 0.910. The first-order valence-electron chi connectivity index (χ1n) is 7.86. The molecule has 0 radical (unpaired) electrons. The van der Waals surface area contributed by atoms with Gasteiger partial charge in [-0.25, -0.2) is 0 Å². The lowest BCUT2D eigenvalue weighted by Crippen LogP contribution is -2.41. The van der Waals surface area contributed by atoms with Crippen LogP contribution in [-0.2, 0) is 11.0 Å². The molecule has 1 saturated carbocycles. The minimum atomic E-state index is -4.43. The van der Waals surface area contributed by atoms with Crippen molar-refractivity contribution in [1.29, 1.82) is 0 Å². The number of carbonyl (C=O) groups excluding carboxylic acids is 1. The first-order valence-corrected chi connectivity index (χ1v) is 7.86. The van der Waals surface area contributed by atoms with E-state index in [1.165, 1.54) is 0 Å². The molecule has 1 aromatic rings. The summed E-state index contributed by atoms with van der Waals surface area (Å²) >= 11 is 0. The fraction of sp³-hybridized carbons (Fsp3) is 0.733. The van der Waals surface area contributed by atoms with Crippen LogP contribution in [0.25, 0.3) is 0 Å². The molecule has 0 aromatic carbocycles. The van der Waals surface area contributed by atoms with Crippen LogP contribution in [0.5, 0.6) is 0 Å². The largest absolute Gasteiger partial charge is 0.435 e. The highest BCUT2D eigenvalue weighted by Gasteiger charge is 2.36. The fourth-order valence-electron chi connectivity index (χ4n) is 3.55. The second-order valence-corrected chi connectivity index (χ2v) is 6.31. The lowest BCUT2D eigenvalue weighted by Gasteiger charge is -2.33. The summed E-state index contributed by atoms with van der Waals surface area (Å²) in [6, 6.07) is 1.08. The number of amides is 1. The number of piperidine rings is 1. The van der Waals surface area contributed by atoms with Crippen LogP contribution in [0.15, 0.2) is 6.07 Å². The van der Waals surface area contributed by atoms with Gasteiger partial charge in [0.25, 0.3) is 0 Å². The maximum atomic E-state index is 12.6. The maximum absolute atomic E-state index is 12.6. The summed E-state index contributed by atoms with van der Waals surface area (Å²) in [6.45, 7) is 1.21.